The number of benzene rings is 1. The lowest BCUT2D eigenvalue weighted by molar-refractivity contribution is 0.100. The third kappa shape index (κ3) is 3.82. The summed E-state index contributed by atoms with van der Waals surface area (Å²) in [5.74, 6) is -0.350. The first-order valence-corrected chi connectivity index (χ1v) is 7.30. The first kappa shape index (κ1) is 14.7. The molecule has 2 N–H and O–H groups in total. The maximum atomic E-state index is 11.8. The molecule has 0 aliphatic rings. The molecule has 1 aromatic rings. The molecule has 18 heavy (non-hydrogen) atoms. The first-order chi connectivity index (χ1) is 8.36. The molecule has 6 heteroatoms. The molecule has 0 unspecified atom stereocenters. The number of carbonyl (C=O) groups is 1. The number of sulfonamides is 1. The van der Waals surface area contributed by atoms with Crippen LogP contribution in [0.3, 0.4) is 0 Å². The SMILES string of the molecule is CCCS(=O)(=O)N(C)Cc1ccc(C(N)=O)cc1. The van der Waals surface area contributed by atoms with Crippen molar-refractivity contribution in [2.24, 2.45) is 5.73 Å². The summed E-state index contributed by atoms with van der Waals surface area (Å²) in [7, 11) is -1.64. The summed E-state index contributed by atoms with van der Waals surface area (Å²) in [5, 5.41) is 0. The number of hydrogen-bond donors (Lipinski definition) is 1. The van der Waals surface area contributed by atoms with Crippen LogP contribution in [0.15, 0.2) is 24.3 Å². The zero-order valence-electron chi connectivity index (χ0n) is 10.6. The van der Waals surface area contributed by atoms with Crippen molar-refractivity contribution in [2.75, 3.05) is 12.8 Å². The molecule has 1 rings (SSSR count). The maximum absolute atomic E-state index is 11.8. The predicted octanol–water partition coefficient (Wildman–Crippen LogP) is 0.957. The molecule has 5 nitrogen and oxygen atoms in total. The average molecular weight is 270 g/mol. The molecule has 0 fully saturated rings. The third-order valence-corrected chi connectivity index (χ3v) is 4.58. The van der Waals surface area contributed by atoms with Crippen molar-refractivity contribution in [3.63, 3.8) is 0 Å². The Morgan fingerprint density at radius 3 is 2.28 bits per heavy atom. The Morgan fingerprint density at radius 1 is 1.28 bits per heavy atom. The summed E-state index contributed by atoms with van der Waals surface area (Å²) in [6, 6.07) is 6.60. The van der Waals surface area contributed by atoms with Crippen LogP contribution in [0.25, 0.3) is 0 Å². The lowest BCUT2D eigenvalue weighted by atomic mass is 10.1. The molecule has 0 aliphatic carbocycles. The summed E-state index contributed by atoms with van der Waals surface area (Å²) >= 11 is 0. The Kier molecular flexibility index (Phi) is 4.86. The number of hydrogen-bond acceptors (Lipinski definition) is 3. The number of carbonyl (C=O) groups excluding carboxylic acids is 1. The molecule has 0 heterocycles. The van der Waals surface area contributed by atoms with E-state index in [9.17, 15) is 13.2 Å². The van der Waals surface area contributed by atoms with Gasteiger partial charge < -0.3 is 5.73 Å². The molecule has 0 bridgehead atoms. The molecular weight excluding hydrogens is 252 g/mol. The molecule has 1 aromatic carbocycles. The number of primary amides is 1. The Hall–Kier alpha value is -1.40. The lowest BCUT2D eigenvalue weighted by Crippen LogP contribution is -2.28. The van der Waals surface area contributed by atoms with E-state index in [0.29, 0.717) is 18.5 Å². The number of rotatable bonds is 6. The van der Waals surface area contributed by atoms with Crippen molar-refractivity contribution in [2.45, 2.75) is 19.9 Å². The third-order valence-electron chi connectivity index (χ3n) is 2.58. The van der Waals surface area contributed by atoms with Crippen molar-refractivity contribution in [1.82, 2.24) is 4.31 Å². The van der Waals surface area contributed by atoms with E-state index in [1.807, 2.05) is 6.92 Å². The fourth-order valence-corrected chi connectivity index (χ4v) is 2.72. The van der Waals surface area contributed by atoms with Gasteiger partial charge in [-0.25, -0.2) is 12.7 Å². The minimum absolute atomic E-state index is 0.142. The first-order valence-electron chi connectivity index (χ1n) is 5.69. The summed E-state index contributed by atoms with van der Waals surface area (Å²) in [4.78, 5) is 10.9. The van der Waals surface area contributed by atoms with E-state index in [4.69, 9.17) is 5.73 Å². The summed E-state index contributed by atoms with van der Waals surface area (Å²) in [6.07, 6.45) is 0.591. The van der Waals surface area contributed by atoms with Crippen LogP contribution in [0.4, 0.5) is 0 Å². The number of nitrogens with two attached hydrogens (primary N) is 1. The van der Waals surface area contributed by atoms with E-state index in [2.05, 4.69) is 0 Å². The fourth-order valence-electron chi connectivity index (χ4n) is 1.54. The smallest absolute Gasteiger partial charge is 0.248 e. The van der Waals surface area contributed by atoms with E-state index in [1.165, 1.54) is 4.31 Å². The van der Waals surface area contributed by atoms with Gasteiger partial charge in [-0.05, 0) is 24.1 Å². The minimum atomic E-state index is -3.19. The molecular formula is C12H18N2O3S. The van der Waals surface area contributed by atoms with Crippen LogP contribution in [0.5, 0.6) is 0 Å². The lowest BCUT2D eigenvalue weighted by Gasteiger charge is -2.16. The molecule has 0 saturated heterocycles. The largest absolute Gasteiger partial charge is 0.366 e. The Morgan fingerprint density at radius 2 is 1.83 bits per heavy atom. The topological polar surface area (TPSA) is 80.5 Å². The number of amides is 1. The molecule has 0 aliphatic heterocycles. The fraction of sp³-hybridized carbons (Fsp3) is 0.417. The van der Waals surface area contributed by atoms with E-state index < -0.39 is 15.9 Å². The van der Waals surface area contributed by atoms with Crippen molar-refractivity contribution in [1.29, 1.82) is 0 Å². The van der Waals surface area contributed by atoms with Crippen LogP contribution in [0, 0.1) is 0 Å². The van der Waals surface area contributed by atoms with Gasteiger partial charge in [-0.15, -0.1) is 0 Å². The highest BCUT2D eigenvalue weighted by Gasteiger charge is 2.16. The minimum Gasteiger partial charge on any atom is -0.366 e. The van der Waals surface area contributed by atoms with E-state index in [0.717, 1.165) is 5.56 Å². The van der Waals surface area contributed by atoms with Gasteiger partial charge >= 0.3 is 0 Å². The van der Waals surface area contributed by atoms with Crippen molar-refractivity contribution < 1.29 is 13.2 Å². The van der Waals surface area contributed by atoms with Crippen LogP contribution in [0.1, 0.15) is 29.3 Å². The highest BCUT2D eigenvalue weighted by Crippen LogP contribution is 2.10. The Bertz CT molecular complexity index is 509. The predicted molar refractivity (Wildman–Crippen MR) is 70.5 cm³/mol. The average Bonchev–Trinajstić information content (AvgIpc) is 2.29. The van der Waals surface area contributed by atoms with Gasteiger partial charge in [-0.2, -0.15) is 0 Å². The second-order valence-electron chi connectivity index (χ2n) is 4.13. The van der Waals surface area contributed by atoms with Crippen molar-refractivity contribution in [3.05, 3.63) is 35.4 Å². The molecule has 0 spiro atoms. The second-order valence-corrected chi connectivity index (χ2v) is 6.33. The van der Waals surface area contributed by atoms with Gasteiger partial charge in [0.2, 0.25) is 15.9 Å². The molecule has 0 atom stereocenters. The second kappa shape index (κ2) is 5.97. The van der Waals surface area contributed by atoms with E-state index >= 15 is 0 Å². The summed E-state index contributed by atoms with van der Waals surface area (Å²) in [5.41, 5.74) is 6.36. The molecule has 1 amide bonds. The molecule has 0 aromatic heterocycles. The van der Waals surface area contributed by atoms with Crippen LogP contribution in [-0.4, -0.2) is 31.4 Å². The van der Waals surface area contributed by atoms with Gasteiger partial charge in [-0.1, -0.05) is 19.1 Å². The van der Waals surface area contributed by atoms with Gasteiger partial charge in [0.05, 0.1) is 5.75 Å². The number of nitrogens with zero attached hydrogens (tertiary/aromatic N) is 1. The summed E-state index contributed by atoms with van der Waals surface area (Å²) in [6.45, 7) is 2.12. The molecule has 0 radical (unpaired) electrons. The van der Waals surface area contributed by atoms with Crippen LogP contribution in [-0.2, 0) is 16.6 Å². The molecule has 100 valence electrons. The van der Waals surface area contributed by atoms with E-state index in [1.54, 1.807) is 31.3 Å². The van der Waals surface area contributed by atoms with Crippen molar-refractivity contribution >= 4 is 15.9 Å². The Labute approximate surface area is 108 Å². The quantitative estimate of drug-likeness (QED) is 0.836. The molecule has 0 saturated carbocycles. The zero-order chi connectivity index (χ0) is 13.8. The monoisotopic (exact) mass is 270 g/mol. The van der Waals surface area contributed by atoms with Crippen LogP contribution < -0.4 is 5.73 Å². The van der Waals surface area contributed by atoms with Crippen LogP contribution in [0.2, 0.25) is 0 Å². The normalized spacial score (nSPS) is 11.7. The van der Waals surface area contributed by atoms with Crippen molar-refractivity contribution in [3.8, 4) is 0 Å². The highest BCUT2D eigenvalue weighted by atomic mass is 32.2. The highest BCUT2D eigenvalue weighted by molar-refractivity contribution is 7.89. The van der Waals surface area contributed by atoms with E-state index in [-0.39, 0.29) is 5.75 Å². The summed E-state index contributed by atoms with van der Waals surface area (Å²) < 4.78 is 24.8. The zero-order valence-corrected chi connectivity index (χ0v) is 11.4. The maximum Gasteiger partial charge on any atom is 0.248 e. The van der Waals surface area contributed by atoms with Gasteiger partial charge in [0.1, 0.15) is 0 Å². The van der Waals surface area contributed by atoms with Gasteiger partial charge in [-0.3, -0.25) is 4.79 Å². The van der Waals surface area contributed by atoms with Crippen LogP contribution >= 0.6 is 0 Å². The van der Waals surface area contributed by atoms with Gasteiger partial charge in [0.25, 0.3) is 0 Å². The standard InChI is InChI=1S/C12H18N2O3S/c1-3-8-18(16,17)14(2)9-10-4-6-11(7-5-10)12(13)15/h4-7H,3,8-9H2,1-2H3,(H2,13,15). The van der Waals surface area contributed by atoms with Gasteiger partial charge in [0.15, 0.2) is 0 Å². The van der Waals surface area contributed by atoms with Gasteiger partial charge in [0, 0.05) is 19.2 Å². The Balaban J connectivity index is 2.76.